The summed E-state index contributed by atoms with van der Waals surface area (Å²) in [6, 6.07) is 13.9. The van der Waals surface area contributed by atoms with Crippen LogP contribution in [-0.2, 0) is 9.59 Å². The molecule has 1 saturated heterocycles. The van der Waals surface area contributed by atoms with Gasteiger partial charge in [0.2, 0.25) is 5.91 Å². The lowest BCUT2D eigenvalue weighted by Gasteiger charge is -2.52. The average molecular weight is 478 g/mol. The molecule has 5 nitrogen and oxygen atoms in total. The lowest BCUT2D eigenvalue weighted by Crippen LogP contribution is -2.58. The molecule has 0 aliphatic carbocycles. The average Bonchev–Trinajstić information content (AvgIpc) is 2.71. The summed E-state index contributed by atoms with van der Waals surface area (Å²) in [4.78, 5) is 27.3. The van der Waals surface area contributed by atoms with Gasteiger partial charge in [-0.25, -0.2) is 0 Å². The molecule has 2 unspecified atom stereocenters. The fourth-order valence-corrected chi connectivity index (χ4v) is 5.34. The van der Waals surface area contributed by atoms with Gasteiger partial charge in [-0.2, -0.15) is 0 Å². The van der Waals surface area contributed by atoms with Crippen LogP contribution in [0.25, 0.3) is 0 Å². The summed E-state index contributed by atoms with van der Waals surface area (Å²) in [7, 11) is 0. The second-order valence-electron chi connectivity index (χ2n) is 8.92. The molecule has 1 aliphatic rings. The number of benzene rings is 2. The van der Waals surface area contributed by atoms with Crippen molar-refractivity contribution in [2.24, 2.45) is 5.41 Å². The lowest BCUT2D eigenvalue weighted by molar-refractivity contribution is -0.163. The number of nitrogens with zero attached hydrogens (tertiary/aromatic N) is 1. The maximum Gasteiger partial charge on any atom is 0.304 e. The van der Waals surface area contributed by atoms with E-state index < -0.39 is 29.6 Å². The number of piperidine rings is 1. The smallest absolute Gasteiger partial charge is 0.304 e. The maximum absolute atomic E-state index is 13.9. The number of carbonyl (C=O) groups excluding carboxylic acids is 1. The van der Waals surface area contributed by atoms with Crippen molar-refractivity contribution in [1.29, 1.82) is 0 Å². The molecule has 2 aromatic carbocycles. The molecule has 0 radical (unpaired) electrons. The summed E-state index contributed by atoms with van der Waals surface area (Å²) in [5, 5.41) is 21.3. The number of carboxylic acids is 1. The number of hydrogen-bond acceptors (Lipinski definition) is 3. The second kappa shape index (κ2) is 9.82. The Balaban J connectivity index is 2.25. The Labute approximate surface area is 199 Å². The Morgan fingerprint density at radius 3 is 2.34 bits per heavy atom. The van der Waals surface area contributed by atoms with Crippen LogP contribution in [0.3, 0.4) is 0 Å². The number of aliphatic hydroxyl groups excluding tert-OH is 1. The van der Waals surface area contributed by atoms with E-state index in [0.29, 0.717) is 22.9 Å². The molecule has 3 rings (SSSR count). The highest BCUT2D eigenvalue weighted by molar-refractivity contribution is 6.30. The molecule has 32 heavy (non-hydrogen) atoms. The molecule has 7 heteroatoms. The third kappa shape index (κ3) is 4.95. The lowest BCUT2D eigenvalue weighted by atomic mass is 9.67. The van der Waals surface area contributed by atoms with Crippen LogP contribution in [0.2, 0.25) is 10.0 Å². The van der Waals surface area contributed by atoms with E-state index in [0.717, 1.165) is 11.1 Å². The topological polar surface area (TPSA) is 77.8 Å². The van der Waals surface area contributed by atoms with Gasteiger partial charge in [0.05, 0.1) is 30.0 Å². The van der Waals surface area contributed by atoms with E-state index in [2.05, 4.69) is 0 Å². The van der Waals surface area contributed by atoms with Crippen molar-refractivity contribution in [2.45, 2.75) is 64.1 Å². The fraction of sp³-hybridized carbons (Fsp3) is 0.440. The van der Waals surface area contributed by atoms with Gasteiger partial charge in [0.25, 0.3) is 0 Å². The van der Waals surface area contributed by atoms with Crippen molar-refractivity contribution in [3.8, 4) is 0 Å². The van der Waals surface area contributed by atoms with Crippen molar-refractivity contribution in [1.82, 2.24) is 4.90 Å². The highest BCUT2D eigenvalue weighted by atomic mass is 35.5. The standard InChI is InChI=1S/C25H29Cl2NO4/c1-4-21(15(2)29)28-23(16-8-10-18(26)11-9-16)20(17-6-5-7-19(27)12-17)13-25(3,24(28)32)14-22(30)31/h5-12,15,20-21,23,29H,4,13-14H2,1-3H3,(H,30,31)/t15?,20-,21?,23-,25-/m1/s1. The van der Waals surface area contributed by atoms with Crippen LogP contribution in [0.15, 0.2) is 48.5 Å². The van der Waals surface area contributed by atoms with Crippen molar-refractivity contribution in [3.05, 3.63) is 69.7 Å². The third-order valence-electron chi connectivity index (χ3n) is 6.46. The number of amides is 1. The Morgan fingerprint density at radius 1 is 1.16 bits per heavy atom. The van der Waals surface area contributed by atoms with Gasteiger partial charge in [0, 0.05) is 16.0 Å². The molecule has 2 N–H and O–H groups in total. The van der Waals surface area contributed by atoms with E-state index in [1.807, 2.05) is 37.3 Å². The Morgan fingerprint density at radius 2 is 1.81 bits per heavy atom. The Hall–Kier alpha value is -2.08. The van der Waals surface area contributed by atoms with E-state index in [4.69, 9.17) is 23.2 Å². The molecule has 0 aromatic heterocycles. The van der Waals surface area contributed by atoms with Crippen molar-refractivity contribution >= 4 is 35.1 Å². The first kappa shape index (κ1) is 24.6. The molecule has 1 heterocycles. The predicted molar refractivity (Wildman–Crippen MR) is 126 cm³/mol. The number of carboxylic acid groups (broad SMARTS) is 1. The SMILES string of the molecule is CCC(C(C)O)N1C(=O)[C@@](C)(CC(=O)O)C[C@H](c2cccc(Cl)c2)[C@H]1c1ccc(Cl)cc1. The zero-order valence-corrected chi connectivity index (χ0v) is 20.0. The van der Waals surface area contributed by atoms with Crippen LogP contribution in [0.1, 0.15) is 63.1 Å². The normalized spacial score (nSPS) is 25.4. The van der Waals surface area contributed by atoms with Crippen LogP contribution < -0.4 is 0 Å². The number of likely N-dealkylation sites (tertiary alicyclic amines) is 1. The third-order valence-corrected chi connectivity index (χ3v) is 6.95. The summed E-state index contributed by atoms with van der Waals surface area (Å²) >= 11 is 12.4. The van der Waals surface area contributed by atoms with Gasteiger partial charge >= 0.3 is 5.97 Å². The Kier molecular flexibility index (Phi) is 7.53. The van der Waals surface area contributed by atoms with Crippen molar-refractivity contribution < 1.29 is 19.8 Å². The summed E-state index contributed by atoms with van der Waals surface area (Å²) in [6.07, 6.45) is -0.202. The first-order valence-electron chi connectivity index (χ1n) is 10.8. The minimum absolute atomic E-state index is 0.218. The first-order valence-corrected chi connectivity index (χ1v) is 11.6. The van der Waals surface area contributed by atoms with Crippen LogP contribution in [0.4, 0.5) is 0 Å². The van der Waals surface area contributed by atoms with Crippen LogP contribution in [0.5, 0.6) is 0 Å². The minimum atomic E-state index is -1.12. The highest BCUT2D eigenvalue weighted by Crippen LogP contribution is 2.52. The summed E-state index contributed by atoms with van der Waals surface area (Å²) in [5.74, 6) is -1.50. The highest BCUT2D eigenvalue weighted by Gasteiger charge is 2.52. The van der Waals surface area contributed by atoms with Crippen LogP contribution in [0, 0.1) is 5.41 Å². The maximum atomic E-state index is 13.9. The molecule has 0 saturated carbocycles. The van der Waals surface area contributed by atoms with Gasteiger partial charge in [-0.1, -0.05) is 61.3 Å². The van der Waals surface area contributed by atoms with Crippen molar-refractivity contribution in [2.75, 3.05) is 0 Å². The summed E-state index contributed by atoms with van der Waals surface area (Å²) in [5.41, 5.74) is 0.681. The van der Waals surface area contributed by atoms with Crippen LogP contribution >= 0.6 is 23.2 Å². The molecule has 1 fully saturated rings. The van der Waals surface area contributed by atoms with Gasteiger partial charge in [-0.05, 0) is 55.2 Å². The fourth-order valence-electron chi connectivity index (χ4n) is 5.02. The number of rotatable bonds is 7. The number of hydrogen-bond donors (Lipinski definition) is 2. The molecule has 172 valence electrons. The molecule has 2 aromatic rings. The monoisotopic (exact) mass is 477 g/mol. The predicted octanol–water partition coefficient (Wildman–Crippen LogP) is 5.69. The van der Waals surface area contributed by atoms with Gasteiger partial charge in [-0.3, -0.25) is 9.59 Å². The van der Waals surface area contributed by atoms with E-state index in [1.165, 1.54) is 0 Å². The summed E-state index contributed by atoms with van der Waals surface area (Å²) < 4.78 is 0. The zero-order valence-electron chi connectivity index (χ0n) is 18.5. The second-order valence-corrected chi connectivity index (χ2v) is 9.79. The molecular formula is C25H29Cl2NO4. The van der Waals surface area contributed by atoms with E-state index in [-0.39, 0.29) is 18.2 Å². The molecule has 0 spiro atoms. The van der Waals surface area contributed by atoms with E-state index >= 15 is 0 Å². The summed E-state index contributed by atoms with van der Waals surface area (Å²) in [6.45, 7) is 5.29. The van der Waals surface area contributed by atoms with Gasteiger partial charge in [0.1, 0.15) is 0 Å². The number of aliphatic hydroxyl groups is 1. The molecule has 5 atom stereocenters. The Bertz CT molecular complexity index is 978. The van der Waals surface area contributed by atoms with E-state index in [9.17, 15) is 19.8 Å². The molecule has 1 amide bonds. The zero-order chi connectivity index (χ0) is 23.6. The van der Waals surface area contributed by atoms with Gasteiger partial charge in [-0.15, -0.1) is 0 Å². The number of halogens is 2. The molecule has 1 aliphatic heterocycles. The first-order chi connectivity index (χ1) is 15.1. The van der Waals surface area contributed by atoms with Gasteiger partial charge < -0.3 is 15.1 Å². The largest absolute Gasteiger partial charge is 0.481 e. The minimum Gasteiger partial charge on any atom is -0.481 e. The van der Waals surface area contributed by atoms with E-state index in [1.54, 1.807) is 36.9 Å². The van der Waals surface area contributed by atoms with Crippen molar-refractivity contribution in [3.63, 3.8) is 0 Å². The molecule has 0 bridgehead atoms. The quantitative estimate of drug-likeness (QED) is 0.536. The van der Waals surface area contributed by atoms with Gasteiger partial charge in [0.15, 0.2) is 0 Å². The number of carbonyl (C=O) groups is 2. The molecular weight excluding hydrogens is 449 g/mol. The number of aliphatic carboxylic acids is 1. The van der Waals surface area contributed by atoms with Crippen LogP contribution in [-0.4, -0.2) is 39.1 Å².